The third kappa shape index (κ3) is 2.30. The van der Waals surface area contributed by atoms with Crippen LogP contribution in [0, 0.1) is 33.5 Å². The van der Waals surface area contributed by atoms with Gasteiger partial charge in [-0.05, 0) is 73.2 Å². The van der Waals surface area contributed by atoms with E-state index in [9.17, 15) is 9.18 Å². The summed E-state index contributed by atoms with van der Waals surface area (Å²) in [5.41, 5.74) is 6.88. The number of halogens is 1. The van der Waals surface area contributed by atoms with E-state index < -0.39 is 0 Å². The van der Waals surface area contributed by atoms with Crippen molar-refractivity contribution < 1.29 is 9.18 Å². The van der Waals surface area contributed by atoms with Crippen molar-refractivity contribution in [3.63, 3.8) is 0 Å². The predicted molar refractivity (Wildman–Crippen MR) is 76.2 cm³/mol. The summed E-state index contributed by atoms with van der Waals surface area (Å²) < 4.78 is 13.3. The van der Waals surface area contributed by atoms with Crippen LogP contribution >= 0.6 is 0 Å². The lowest BCUT2D eigenvalue weighted by Gasteiger charge is -2.17. The largest absolute Gasteiger partial charge is 0.298 e. The number of carbonyl (C=O) groups excluding carboxylic acids is 1. The van der Waals surface area contributed by atoms with Gasteiger partial charge in [0.15, 0.2) is 6.29 Å². The predicted octanol–water partition coefficient (Wildman–Crippen LogP) is 4.54. The topological polar surface area (TPSA) is 17.1 Å². The van der Waals surface area contributed by atoms with Crippen LogP contribution in [-0.4, -0.2) is 6.29 Å². The molecule has 2 aromatic rings. The summed E-state index contributed by atoms with van der Waals surface area (Å²) in [6.07, 6.45) is 0.717. The quantitative estimate of drug-likeness (QED) is 0.721. The molecule has 0 spiro atoms. The highest BCUT2D eigenvalue weighted by molar-refractivity contribution is 5.90. The van der Waals surface area contributed by atoms with Gasteiger partial charge in [0.1, 0.15) is 5.82 Å². The smallest absolute Gasteiger partial charge is 0.150 e. The van der Waals surface area contributed by atoms with E-state index >= 15 is 0 Å². The summed E-state index contributed by atoms with van der Waals surface area (Å²) in [6, 6.07) is 6.52. The minimum absolute atomic E-state index is 0.384. The molecule has 0 aliphatic heterocycles. The van der Waals surface area contributed by atoms with Gasteiger partial charge in [0.25, 0.3) is 0 Å². The van der Waals surface area contributed by atoms with Gasteiger partial charge in [-0.3, -0.25) is 4.79 Å². The number of hydrogen-bond acceptors (Lipinski definition) is 1. The second-order valence-corrected chi connectivity index (χ2v) is 4.98. The molecule has 0 aliphatic carbocycles. The zero-order valence-electron chi connectivity index (χ0n) is 11.7. The highest BCUT2D eigenvalue weighted by Crippen LogP contribution is 2.33. The molecule has 0 heterocycles. The van der Waals surface area contributed by atoms with Crippen molar-refractivity contribution in [2.75, 3.05) is 0 Å². The van der Waals surface area contributed by atoms with Gasteiger partial charge in [0, 0.05) is 5.56 Å². The van der Waals surface area contributed by atoms with Gasteiger partial charge >= 0.3 is 0 Å². The highest BCUT2D eigenvalue weighted by Gasteiger charge is 2.14. The molecule has 2 rings (SSSR count). The molecular formula is C17H17FO. The second-order valence-electron chi connectivity index (χ2n) is 4.98. The Bertz CT molecular complexity index is 631. The second kappa shape index (κ2) is 4.96. The van der Waals surface area contributed by atoms with Gasteiger partial charge in [-0.15, -0.1) is 0 Å². The molecule has 98 valence electrons. The van der Waals surface area contributed by atoms with Gasteiger partial charge in [-0.2, -0.15) is 0 Å². The Balaban J connectivity index is 2.82. The molecule has 0 aromatic heterocycles. The average molecular weight is 256 g/mol. The van der Waals surface area contributed by atoms with Crippen LogP contribution in [0.2, 0.25) is 0 Å². The summed E-state index contributed by atoms with van der Waals surface area (Å²) in [7, 11) is 0. The Labute approximate surface area is 113 Å². The number of benzene rings is 2. The maximum absolute atomic E-state index is 13.3. The first-order valence-corrected chi connectivity index (χ1v) is 6.28. The van der Waals surface area contributed by atoms with E-state index in [1.54, 1.807) is 6.07 Å². The first kappa shape index (κ1) is 13.5. The molecule has 0 saturated heterocycles. The molecule has 0 bridgehead atoms. The molecule has 1 nitrogen and oxygen atoms in total. The Morgan fingerprint density at radius 3 is 2.05 bits per heavy atom. The van der Waals surface area contributed by atoms with Gasteiger partial charge in [-0.1, -0.05) is 12.1 Å². The zero-order valence-corrected chi connectivity index (χ0v) is 11.7. The minimum Gasteiger partial charge on any atom is -0.298 e. The lowest BCUT2D eigenvalue weighted by atomic mass is 9.88. The lowest BCUT2D eigenvalue weighted by Crippen LogP contribution is -1.98. The number of carbonyl (C=O) groups is 1. The van der Waals surface area contributed by atoms with E-state index in [4.69, 9.17) is 0 Å². The van der Waals surface area contributed by atoms with Crippen LogP contribution < -0.4 is 0 Å². The molecule has 19 heavy (non-hydrogen) atoms. The minimum atomic E-state index is -0.384. The summed E-state index contributed by atoms with van der Waals surface area (Å²) in [6.45, 7) is 8.18. The van der Waals surface area contributed by atoms with E-state index in [0.29, 0.717) is 5.56 Å². The van der Waals surface area contributed by atoms with Crippen molar-refractivity contribution in [1.82, 2.24) is 0 Å². The van der Waals surface area contributed by atoms with E-state index in [2.05, 4.69) is 19.9 Å². The number of aldehydes is 1. The van der Waals surface area contributed by atoms with E-state index in [-0.39, 0.29) is 5.82 Å². The SMILES string of the molecule is Cc1cc(C)c(C)c(-c2ccc(F)cc2C=O)c1C. The summed E-state index contributed by atoms with van der Waals surface area (Å²) in [5.74, 6) is -0.384. The Morgan fingerprint density at radius 2 is 1.53 bits per heavy atom. The molecular weight excluding hydrogens is 239 g/mol. The Kier molecular flexibility index (Phi) is 3.52. The Hall–Kier alpha value is -1.96. The Morgan fingerprint density at radius 1 is 0.947 bits per heavy atom. The fourth-order valence-electron chi connectivity index (χ4n) is 2.48. The van der Waals surface area contributed by atoms with Crippen LogP contribution in [0.4, 0.5) is 4.39 Å². The number of rotatable bonds is 2. The van der Waals surface area contributed by atoms with Crippen LogP contribution in [0.5, 0.6) is 0 Å². The first-order chi connectivity index (χ1) is 8.95. The van der Waals surface area contributed by atoms with Gasteiger partial charge in [0.2, 0.25) is 0 Å². The summed E-state index contributed by atoms with van der Waals surface area (Å²) in [4.78, 5) is 11.2. The van der Waals surface area contributed by atoms with Crippen molar-refractivity contribution in [1.29, 1.82) is 0 Å². The fraction of sp³-hybridized carbons (Fsp3) is 0.235. The average Bonchev–Trinajstić information content (AvgIpc) is 2.38. The molecule has 0 saturated carbocycles. The third-order valence-electron chi connectivity index (χ3n) is 3.78. The standard InChI is InChI=1S/C17H17FO/c1-10-7-11(2)13(4)17(12(10)3)16-6-5-15(18)8-14(16)9-19/h5-9H,1-4H3. The van der Waals surface area contributed by atoms with Crippen molar-refractivity contribution >= 4 is 6.29 Å². The van der Waals surface area contributed by atoms with Crippen LogP contribution in [0.1, 0.15) is 32.6 Å². The van der Waals surface area contributed by atoms with Crippen LogP contribution in [-0.2, 0) is 0 Å². The molecule has 0 amide bonds. The van der Waals surface area contributed by atoms with Gasteiger partial charge < -0.3 is 0 Å². The molecule has 0 radical (unpaired) electrons. The van der Waals surface area contributed by atoms with Crippen LogP contribution in [0.25, 0.3) is 11.1 Å². The lowest BCUT2D eigenvalue weighted by molar-refractivity contribution is 0.112. The molecule has 0 fully saturated rings. The molecule has 2 heteroatoms. The van der Waals surface area contributed by atoms with E-state index in [1.807, 2.05) is 13.8 Å². The van der Waals surface area contributed by atoms with Gasteiger partial charge in [-0.25, -0.2) is 4.39 Å². The van der Waals surface area contributed by atoms with E-state index in [1.165, 1.54) is 23.3 Å². The van der Waals surface area contributed by atoms with Crippen molar-refractivity contribution in [3.8, 4) is 11.1 Å². The first-order valence-electron chi connectivity index (χ1n) is 6.28. The highest BCUT2D eigenvalue weighted by atomic mass is 19.1. The molecule has 2 aromatic carbocycles. The molecule has 0 aliphatic rings. The van der Waals surface area contributed by atoms with E-state index in [0.717, 1.165) is 28.5 Å². The zero-order chi connectivity index (χ0) is 14.2. The maximum atomic E-state index is 13.3. The van der Waals surface area contributed by atoms with Crippen LogP contribution in [0.3, 0.4) is 0 Å². The summed E-state index contributed by atoms with van der Waals surface area (Å²) >= 11 is 0. The normalized spacial score (nSPS) is 10.6. The summed E-state index contributed by atoms with van der Waals surface area (Å²) in [5, 5.41) is 0. The molecule has 0 N–H and O–H groups in total. The molecule has 0 atom stereocenters. The van der Waals surface area contributed by atoms with Crippen molar-refractivity contribution in [2.24, 2.45) is 0 Å². The van der Waals surface area contributed by atoms with Crippen molar-refractivity contribution in [2.45, 2.75) is 27.7 Å². The monoisotopic (exact) mass is 256 g/mol. The number of hydrogen-bond donors (Lipinski definition) is 0. The van der Waals surface area contributed by atoms with Crippen LogP contribution in [0.15, 0.2) is 24.3 Å². The maximum Gasteiger partial charge on any atom is 0.150 e. The molecule has 0 unspecified atom stereocenters. The number of aryl methyl sites for hydroxylation is 2. The van der Waals surface area contributed by atoms with Crippen molar-refractivity contribution in [3.05, 3.63) is 57.9 Å². The van der Waals surface area contributed by atoms with Gasteiger partial charge in [0.05, 0.1) is 0 Å². The fourth-order valence-corrected chi connectivity index (χ4v) is 2.48. The third-order valence-corrected chi connectivity index (χ3v) is 3.78.